The zero-order valence-corrected chi connectivity index (χ0v) is 16.9. The van der Waals surface area contributed by atoms with Crippen LogP contribution in [0.2, 0.25) is 0 Å². The molecule has 0 atom stereocenters. The molecule has 2 aromatic carbocycles. The molecule has 28 heavy (non-hydrogen) atoms. The van der Waals surface area contributed by atoms with Gasteiger partial charge in [0.15, 0.2) is 5.16 Å². The van der Waals surface area contributed by atoms with Crippen molar-refractivity contribution in [3.63, 3.8) is 0 Å². The Morgan fingerprint density at radius 3 is 2.50 bits per heavy atom. The third-order valence-electron chi connectivity index (χ3n) is 4.28. The molecule has 5 nitrogen and oxygen atoms in total. The van der Waals surface area contributed by atoms with Gasteiger partial charge in [-0.25, -0.2) is 4.98 Å². The number of thioether (sulfide) groups is 1. The molecule has 1 amide bonds. The molecule has 0 unspecified atom stereocenters. The van der Waals surface area contributed by atoms with Gasteiger partial charge in [0.25, 0.3) is 5.56 Å². The first-order valence-corrected chi connectivity index (χ1v) is 10.1. The van der Waals surface area contributed by atoms with Crippen LogP contribution in [0, 0.1) is 0 Å². The summed E-state index contributed by atoms with van der Waals surface area (Å²) in [5, 5.41) is 1.06. The molecule has 3 aromatic rings. The SMILES string of the molecule is C=C(C)CN(CC)C(=O)CSc1nc2ccccc2c(=O)n1-c1ccccc1. The van der Waals surface area contributed by atoms with Crippen LogP contribution in [0.1, 0.15) is 13.8 Å². The summed E-state index contributed by atoms with van der Waals surface area (Å²) in [5.74, 6) is 0.205. The monoisotopic (exact) mass is 393 g/mol. The third kappa shape index (κ3) is 4.34. The van der Waals surface area contributed by atoms with Crippen molar-refractivity contribution in [1.29, 1.82) is 0 Å². The fourth-order valence-corrected chi connectivity index (χ4v) is 3.85. The number of carbonyl (C=O) groups excluding carboxylic acids is 1. The Kier molecular flexibility index (Phi) is 6.31. The molecule has 0 saturated heterocycles. The van der Waals surface area contributed by atoms with Gasteiger partial charge in [0.1, 0.15) is 0 Å². The zero-order chi connectivity index (χ0) is 20.1. The first-order chi connectivity index (χ1) is 13.5. The van der Waals surface area contributed by atoms with E-state index in [4.69, 9.17) is 0 Å². The van der Waals surface area contributed by atoms with Gasteiger partial charge >= 0.3 is 0 Å². The molecule has 0 bridgehead atoms. The van der Waals surface area contributed by atoms with Gasteiger partial charge < -0.3 is 4.90 Å². The number of carbonyl (C=O) groups is 1. The molecule has 0 aliphatic carbocycles. The highest BCUT2D eigenvalue weighted by molar-refractivity contribution is 7.99. The molecular formula is C22H23N3O2S. The number of benzene rings is 2. The van der Waals surface area contributed by atoms with Crippen LogP contribution in [0.25, 0.3) is 16.6 Å². The number of likely N-dealkylation sites (N-methyl/N-ethyl adjacent to an activating group) is 1. The molecule has 0 fully saturated rings. The van der Waals surface area contributed by atoms with Crippen LogP contribution in [-0.2, 0) is 4.79 Å². The van der Waals surface area contributed by atoms with Crippen molar-refractivity contribution in [2.45, 2.75) is 19.0 Å². The van der Waals surface area contributed by atoms with Crippen LogP contribution in [0.4, 0.5) is 0 Å². The number of amides is 1. The van der Waals surface area contributed by atoms with Crippen molar-refractivity contribution in [3.05, 3.63) is 77.1 Å². The minimum absolute atomic E-state index is 0.00230. The van der Waals surface area contributed by atoms with E-state index in [-0.39, 0.29) is 17.2 Å². The molecule has 1 heterocycles. The average Bonchev–Trinajstić information content (AvgIpc) is 2.70. The fourth-order valence-electron chi connectivity index (χ4n) is 2.93. The summed E-state index contributed by atoms with van der Waals surface area (Å²) < 4.78 is 1.58. The molecule has 1 aromatic heterocycles. The zero-order valence-electron chi connectivity index (χ0n) is 16.1. The van der Waals surface area contributed by atoms with Gasteiger partial charge in [0.05, 0.1) is 22.3 Å². The standard InChI is InChI=1S/C22H23N3O2S/c1-4-24(14-16(2)3)20(26)15-28-22-23-19-13-9-8-12-18(19)21(27)25(22)17-10-6-5-7-11-17/h5-13H,2,4,14-15H2,1,3H3. The number of rotatable bonds is 7. The lowest BCUT2D eigenvalue weighted by Gasteiger charge is -2.21. The van der Waals surface area contributed by atoms with Gasteiger partial charge in [0.2, 0.25) is 5.91 Å². The minimum Gasteiger partial charge on any atom is -0.338 e. The third-order valence-corrected chi connectivity index (χ3v) is 5.20. The molecule has 0 radical (unpaired) electrons. The number of nitrogens with zero attached hydrogens (tertiary/aromatic N) is 3. The normalized spacial score (nSPS) is 10.8. The Labute approximate surface area is 168 Å². The summed E-state index contributed by atoms with van der Waals surface area (Å²) in [6.07, 6.45) is 0. The van der Waals surface area contributed by atoms with Crippen LogP contribution in [0.5, 0.6) is 0 Å². The topological polar surface area (TPSA) is 55.2 Å². The second kappa shape index (κ2) is 8.89. The van der Waals surface area contributed by atoms with E-state index in [1.165, 1.54) is 11.8 Å². The first-order valence-electron chi connectivity index (χ1n) is 9.13. The number of fused-ring (bicyclic) bond motifs is 1. The lowest BCUT2D eigenvalue weighted by Crippen LogP contribution is -2.33. The van der Waals surface area contributed by atoms with Crippen molar-refractivity contribution in [3.8, 4) is 5.69 Å². The minimum atomic E-state index is -0.138. The van der Waals surface area contributed by atoms with Gasteiger partial charge in [0, 0.05) is 13.1 Å². The number of hydrogen-bond acceptors (Lipinski definition) is 4. The second-order valence-corrected chi connectivity index (χ2v) is 7.48. The predicted molar refractivity (Wildman–Crippen MR) is 115 cm³/mol. The highest BCUT2D eigenvalue weighted by Crippen LogP contribution is 2.21. The Bertz CT molecular complexity index is 1060. The second-order valence-electron chi connectivity index (χ2n) is 6.54. The van der Waals surface area contributed by atoms with Crippen molar-refractivity contribution < 1.29 is 4.79 Å². The Balaban J connectivity index is 1.99. The van der Waals surface area contributed by atoms with E-state index >= 15 is 0 Å². The molecule has 144 valence electrons. The molecule has 0 aliphatic heterocycles. The first kappa shape index (κ1) is 19.9. The van der Waals surface area contributed by atoms with E-state index in [9.17, 15) is 9.59 Å². The fraction of sp³-hybridized carbons (Fsp3) is 0.227. The molecule has 3 rings (SSSR count). The maximum absolute atomic E-state index is 13.1. The lowest BCUT2D eigenvalue weighted by atomic mass is 10.2. The highest BCUT2D eigenvalue weighted by Gasteiger charge is 2.17. The summed E-state index contributed by atoms with van der Waals surface area (Å²) in [6, 6.07) is 16.7. The predicted octanol–water partition coefficient (Wildman–Crippen LogP) is 3.90. The van der Waals surface area contributed by atoms with E-state index in [0.29, 0.717) is 29.1 Å². The van der Waals surface area contributed by atoms with Crippen molar-refractivity contribution >= 4 is 28.6 Å². The maximum atomic E-state index is 13.1. The average molecular weight is 394 g/mol. The van der Waals surface area contributed by atoms with Crippen molar-refractivity contribution in [1.82, 2.24) is 14.5 Å². The number of aromatic nitrogens is 2. The summed E-state index contributed by atoms with van der Waals surface area (Å²) in [6.45, 7) is 8.88. The van der Waals surface area contributed by atoms with Crippen molar-refractivity contribution in [2.24, 2.45) is 0 Å². The van der Waals surface area contributed by atoms with Crippen LogP contribution in [0.3, 0.4) is 0 Å². The Hall–Kier alpha value is -2.86. The van der Waals surface area contributed by atoms with E-state index in [0.717, 1.165) is 11.3 Å². The van der Waals surface area contributed by atoms with Gasteiger partial charge in [-0.2, -0.15) is 0 Å². The smallest absolute Gasteiger partial charge is 0.266 e. The van der Waals surface area contributed by atoms with E-state index in [2.05, 4.69) is 11.6 Å². The maximum Gasteiger partial charge on any atom is 0.266 e. The Morgan fingerprint density at radius 2 is 1.82 bits per heavy atom. The molecule has 0 spiro atoms. The lowest BCUT2D eigenvalue weighted by molar-refractivity contribution is -0.127. The summed E-state index contributed by atoms with van der Waals surface area (Å²) >= 11 is 1.28. The molecule has 0 saturated carbocycles. The largest absolute Gasteiger partial charge is 0.338 e. The van der Waals surface area contributed by atoms with E-state index in [1.54, 1.807) is 15.5 Å². The number of hydrogen-bond donors (Lipinski definition) is 0. The van der Waals surface area contributed by atoms with Crippen LogP contribution in [0.15, 0.2) is 76.7 Å². The van der Waals surface area contributed by atoms with Crippen LogP contribution in [-0.4, -0.2) is 39.2 Å². The molecule has 0 aliphatic rings. The van der Waals surface area contributed by atoms with Gasteiger partial charge in [-0.3, -0.25) is 14.2 Å². The molecular weight excluding hydrogens is 370 g/mol. The highest BCUT2D eigenvalue weighted by atomic mass is 32.2. The van der Waals surface area contributed by atoms with Gasteiger partial charge in [-0.1, -0.05) is 54.2 Å². The summed E-state index contributed by atoms with van der Waals surface area (Å²) in [5.41, 5.74) is 2.16. The van der Waals surface area contributed by atoms with E-state index in [1.807, 2.05) is 62.4 Å². The van der Waals surface area contributed by atoms with Crippen molar-refractivity contribution in [2.75, 3.05) is 18.8 Å². The number of para-hydroxylation sites is 2. The molecule has 6 heteroatoms. The van der Waals surface area contributed by atoms with Gasteiger partial charge in [-0.05, 0) is 38.1 Å². The van der Waals surface area contributed by atoms with E-state index < -0.39 is 0 Å². The summed E-state index contributed by atoms with van der Waals surface area (Å²) in [4.78, 5) is 32.2. The van der Waals surface area contributed by atoms with Gasteiger partial charge in [-0.15, -0.1) is 0 Å². The summed E-state index contributed by atoms with van der Waals surface area (Å²) in [7, 11) is 0. The van der Waals surface area contributed by atoms with Crippen LogP contribution >= 0.6 is 11.8 Å². The molecule has 0 N–H and O–H groups in total. The van der Waals surface area contributed by atoms with Crippen LogP contribution < -0.4 is 5.56 Å². The Morgan fingerprint density at radius 1 is 1.14 bits per heavy atom. The quantitative estimate of drug-likeness (QED) is 0.347.